The number of rotatable bonds is 9. The summed E-state index contributed by atoms with van der Waals surface area (Å²) in [6.45, 7) is 2.72. The van der Waals surface area contributed by atoms with E-state index in [2.05, 4.69) is 4.99 Å². The van der Waals surface area contributed by atoms with Crippen LogP contribution in [0, 0.1) is 0 Å². The second kappa shape index (κ2) is 9.96. The van der Waals surface area contributed by atoms with Gasteiger partial charge < -0.3 is 14.6 Å². The molecule has 1 rings (SSSR count). The van der Waals surface area contributed by atoms with Gasteiger partial charge in [0.05, 0.1) is 39.6 Å². The van der Waals surface area contributed by atoms with Gasteiger partial charge in [-0.25, -0.2) is 0 Å². The van der Waals surface area contributed by atoms with Crippen LogP contribution in [0.2, 0.25) is 0 Å². The predicted octanol–water partition coefficient (Wildman–Crippen LogP) is 1.13. The van der Waals surface area contributed by atoms with Crippen molar-refractivity contribution in [1.82, 2.24) is 0 Å². The number of aliphatic hydroxyl groups is 1. The van der Waals surface area contributed by atoms with E-state index in [0.29, 0.717) is 33.0 Å². The molecule has 0 aliphatic rings. The highest BCUT2D eigenvalue weighted by Gasteiger charge is 1.88. The van der Waals surface area contributed by atoms with Gasteiger partial charge in [0.25, 0.3) is 0 Å². The Kier molecular flexibility index (Phi) is 8.10. The Morgan fingerprint density at radius 2 is 1.71 bits per heavy atom. The summed E-state index contributed by atoms with van der Waals surface area (Å²) in [5.41, 5.74) is 1.10. The van der Waals surface area contributed by atoms with Gasteiger partial charge in [-0.05, 0) is 5.56 Å². The van der Waals surface area contributed by atoms with Crippen molar-refractivity contribution in [3.63, 3.8) is 0 Å². The van der Waals surface area contributed by atoms with Crippen molar-refractivity contribution in [3.8, 4) is 0 Å². The molecule has 0 atom stereocenters. The molecule has 0 aliphatic carbocycles. The third-order valence-electron chi connectivity index (χ3n) is 2.01. The number of ether oxygens (including phenoxy) is 2. The summed E-state index contributed by atoms with van der Waals surface area (Å²) in [5.74, 6) is 0. The number of benzene rings is 1. The molecule has 1 N–H and O–H groups in total. The van der Waals surface area contributed by atoms with Crippen molar-refractivity contribution in [2.75, 3.05) is 39.6 Å². The highest BCUT2D eigenvalue weighted by atomic mass is 16.5. The molecule has 0 spiro atoms. The van der Waals surface area contributed by atoms with Crippen LogP contribution in [0.15, 0.2) is 35.3 Å². The van der Waals surface area contributed by atoms with Gasteiger partial charge in [-0.2, -0.15) is 0 Å². The lowest BCUT2D eigenvalue weighted by Gasteiger charge is -2.02. The fourth-order valence-corrected chi connectivity index (χ4v) is 1.21. The lowest BCUT2D eigenvalue weighted by Crippen LogP contribution is -2.08. The number of hydrogen-bond acceptors (Lipinski definition) is 4. The van der Waals surface area contributed by atoms with E-state index in [1.807, 2.05) is 36.5 Å². The van der Waals surface area contributed by atoms with E-state index in [1.165, 1.54) is 0 Å². The van der Waals surface area contributed by atoms with Crippen molar-refractivity contribution >= 4 is 6.21 Å². The van der Waals surface area contributed by atoms with E-state index in [0.717, 1.165) is 5.56 Å². The molecule has 0 unspecified atom stereocenters. The minimum absolute atomic E-state index is 0.0569. The quantitative estimate of drug-likeness (QED) is 0.517. The topological polar surface area (TPSA) is 51.0 Å². The molecule has 17 heavy (non-hydrogen) atoms. The number of hydrogen-bond donors (Lipinski definition) is 1. The summed E-state index contributed by atoms with van der Waals surface area (Å²) >= 11 is 0. The fraction of sp³-hybridized carbons (Fsp3) is 0.462. The number of aliphatic hydroxyl groups excluding tert-OH is 1. The third kappa shape index (κ3) is 7.63. The molecule has 0 fully saturated rings. The van der Waals surface area contributed by atoms with Gasteiger partial charge in [0.15, 0.2) is 0 Å². The summed E-state index contributed by atoms with van der Waals surface area (Å²) in [7, 11) is 0. The van der Waals surface area contributed by atoms with Crippen molar-refractivity contribution in [2.45, 2.75) is 0 Å². The second-order valence-corrected chi connectivity index (χ2v) is 3.39. The molecule has 0 heterocycles. The van der Waals surface area contributed by atoms with Crippen LogP contribution in [0.3, 0.4) is 0 Å². The minimum atomic E-state index is 0.0569. The van der Waals surface area contributed by atoms with E-state index in [-0.39, 0.29) is 6.61 Å². The van der Waals surface area contributed by atoms with Crippen LogP contribution in [0.5, 0.6) is 0 Å². The van der Waals surface area contributed by atoms with Gasteiger partial charge >= 0.3 is 0 Å². The van der Waals surface area contributed by atoms with Crippen LogP contribution < -0.4 is 0 Å². The summed E-state index contributed by atoms with van der Waals surface area (Å²) in [6, 6.07) is 9.96. The normalized spacial score (nSPS) is 11.1. The molecule has 94 valence electrons. The SMILES string of the molecule is OCCOCCOCC/N=C/c1ccccc1. The smallest absolute Gasteiger partial charge is 0.0701 e. The molecule has 0 amide bonds. The van der Waals surface area contributed by atoms with Gasteiger partial charge in [-0.15, -0.1) is 0 Å². The van der Waals surface area contributed by atoms with E-state index >= 15 is 0 Å². The molecule has 1 aromatic rings. The Balaban J connectivity index is 1.95. The van der Waals surface area contributed by atoms with Crippen LogP contribution in [0.25, 0.3) is 0 Å². The molecule has 4 heteroatoms. The van der Waals surface area contributed by atoms with Crippen LogP contribution in [-0.4, -0.2) is 50.9 Å². The van der Waals surface area contributed by atoms with Crippen LogP contribution in [0.1, 0.15) is 5.56 Å². The van der Waals surface area contributed by atoms with E-state index in [4.69, 9.17) is 14.6 Å². The summed E-state index contributed by atoms with van der Waals surface area (Å²) in [5, 5.41) is 8.46. The molecule has 0 aromatic heterocycles. The van der Waals surface area contributed by atoms with Gasteiger partial charge in [0.2, 0.25) is 0 Å². The fourth-order valence-electron chi connectivity index (χ4n) is 1.21. The van der Waals surface area contributed by atoms with Crippen LogP contribution >= 0.6 is 0 Å². The maximum absolute atomic E-state index is 8.46. The van der Waals surface area contributed by atoms with Crippen LogP contribution in [-0.2, 0) is 9.47 Å². The monoisotopic (exact) mass is 237 g/mol. The van der Waals surface area contributed by atoms with Gasteiger partial charge in [-0.1, -0.05) is 30.3 Å². The average molecular weight is 237 g/mol. The highest BCUT2D eigenvalue weighted by molar-refractivity contribution is 5.79. The molecule has 0 aliphatic heterocycles. The van der Waals surface area contributed by atoms with Gasteiger partial charge in [0, 0.05) is 6.21 Å². The molecular formula is C13H19NO3. The first-order valence-electron chi connectivity index (χ1n) is 5.74. The number of aliphatic imine (C=N–C) groups is 1. The Hall–Kier alpha value is -1.23. The molecule has 0 radical (unpaired) electrons. The summed E-state index contributed by atoms with van der Waals surface area (Å²) in [4.78, 5) is 4.24. The van der Waals surface area contributed by atoms with Crippen molar-refractivity contribution in [2.24, 2.45) is 4.99 Å². The molecule has 0 saturated carbocycles. The van der Waals surface area contributed by atoms with Crippen molar-refractivity contribution < 1.29 is 14.6 Å². The first-order chi connectivity index (χ1) is 8.43. The standard InChI is InChI=1S/C13H19NO3/c15-7-9-17-11-10-16-8-6-14-12-13-4-2-1-3-5-13/h1-5,12,15H,6-11H2/b14-12+. The zero-order chi connectivity index (χ0) is 12.2. The Bertz CT molecular complexity index is 301. The van der Waals surface area contributed by atoms with Gasteiger partial charge in [0.1, 0.15) is 0 Å². The molecular weight excluding hydrogens is 218 g/mol. The third-order valence-corrected chi connectivity index (χ3v) is 2.01. The summed E-state index contributed by atoms with van der Waals surface area (Å²) in [6.07, 6.45) is 1.84. The Morgan fingerprint density at radius 3 is 2.41 bits per heavy atom. The van der Waals surface area contributed by atoms with E-state index in [1.54, 1.807) is 0 Å². The maximum atomic E-state index is 8.46. The first kappa shape index (κ1) is 13.8. The largest absolute Gasteiger partial charge is 0.394 e. The maximum Gasteiger partial charge on any atom is 0.0701 e. The zero-order valence-corrected chi connectivity index (χ0v) is 9.92. The molecule has 4 nitrogen and oxygen atoms in total. The number of nitrogens with zero attached hydrogens (tertiary/aromatic N) is 1. The van der Waals surface area contributed by atoms with E-state index in [9.17, 15) is 0 Å². The predicted molar refractivity (Wildman–Crippen MR) is 67.6 cm³/mol. The van der Waals surface area contributed by atoms with Crippen LogP contribution in [0.4, 0.5) is 0 Å². The second-order valence-electron chi connectivity index (χ2n) is 3.39. The minimum Gasteiger partial charge on any atom is -0.394 e. The van der Waals surface area contributed by atoms with E-state index < -0.39 is 0 Å². The Morgan fingerprint density at radius 1 is 1.00 bits per heavy atom. The lowest BCUT2D eigenvalue weighted by molar-refractivity contribution is 0.0355. The average Bonchev–Trinajstić information content (AvgIpc) is 2.38. The molecule has 0 saturated heterocycles. The summed E-state index contributed by atoms with van der Waals surface area (Å²) < 4.78 is 10.3. The van der Waals surface area contributed by atoms with Gasteiger partial charge in [-0.3, -0.25) is 4.99 Å². The highest BCUT2D eigenvalue weighted by Crippen LogP contribution is 1.93. The molecule has 1 aromatic carbocycles. The van der Waals surface area contributed by atoms with Crippen molar-refractivity contribution in [3.05, 3.63) is 35.9 Å². The molecule has 0 bridgehead atoms. The zero-order valence-electron chi connectivity index (χ0n) is 9.92. The lowest BCUT2D eigenvalue weighted by atomic mass is 10.2. The first-order valence-corrected chi connectivity index (χ1v) is 5.74. The van der Waals surface area contributed by atoms with Crippen molar-refractivity contribution in [1.29, 1.82) is 0 Å². The Labute approximate surface area is 102 Å².